The fourth-order valence-corrected chi connectivity index (χ4v) is 7.05. The molecule has 0 bridgehead atoms. The molecule has 0 amide bonds. The number of nitrogens with zero attached hydrogens (tertiary/aromatic N) is 3. The fourth-order valence-electron chi connectivity index (χ4n) is 7.05. The van der Waals surface area contributed by atoms with Crippen LogP contribution in [0.15, 0.2) is 85.2 Å². The van der Waals surface area contributed by atoms with Gasteiger partial charge in [-0.05, 0) is 47.7 Å². The van der Waals surface area contributed by atoms with Gasteiger partial charge in [0.05, 0.1) is 16.6 Å². The number of hydrogen-bond donors (Lipinski definition) is 0. The third-order valence-electron chi connectivity index (χ3n) is 8.60. The van der Waals surface area contributed by atoms with E-state index in [2.05, 4.69) is 18.2 Å². The van der Waals surface area contributed by atoms with Crippen molar-refractivity contribution < 1.29 is 14.4 Å². The summed E-state index contributed by atoms with van der Waals surface area (Å²) in [6.45, 7) is 4.79. The third kappa shape index (κ3) is 3.38. The summed E-state index contributed by atoms with van der Waals surface area (Å²) in [4.78, 5) is 38.6. The lowest BCUT2D eigenvalue weighted by atomic mass is 9.74. The van der Waals surface area contributed by atoms with Crippen LogP contribution in [-0.2, 0) is 0 Å². The Balaban J connectivity index is 1.55. The molecule has 3 heterocycles. The monoisotopic (exact) mass is 527 g/mol. The summed E-state index contributed by atoms with van der Waals surface area (Å²) in [6, 6.07) is 24.1. The smallest absolute Gasteiger partial charge is 0.228 e. The second kappa shape index (κ2) is 8.91. The standard InChI is InChI=1S/C34H29N3O3/c1-20(38)35-18-28(23-10-4-7-13-30(23)35)25-16-17-26(29-19-36(21(2)39)31-14-8-5-11-24(29)31)34-33(25)27-12-6-9-15-32(27)37(34)22(3)40/h4-15,18-19,25-26H,16-17H2,1-3H3/t25-,26-/m1/s1. The van der Waals surface area contributed by atoms with Gasteiger partial charge in [-0.15, -0.1) is 0 Å². The first kappa shape index (κ1) is 24.3. The molecule has 2 atom stereocenters. The topological polar surface area (TPSA) is 66.0 Å². The highest BCUT2D eigenvalue weighted by Crippen LogP contribution is 2.51. The second-order valence-electron chi connectivity index (χ2n) is 10.8. The van der Waals surface area contributed by atoms with Gasteiger partial charge >= 0.3 is 0 Å². The number of carbonyl (C=O) groups excluding carboxylic acids is 3. The summed E-state index contributed by atoms with van der Waals surface area (Å²) in [5, 5.41) is 3.14. The number of fused-ring (bicyclic) bond motifs is 5. The molecule has 0 radical (unpaired) electrons. The second-order valence-corrected chi connectivity index (χ2v) is 10.8. The van der Waals surface area contributed by atoms with E-state index in [9.17, 15) is 14.4 Å². The van der Waals surface area contributed by atoms with Crippen LogP contribution in [-0.4, -0.2) is 31.4 Å². The van der Waals surface area contributed by atoms with Gasteiger partial charge < -0.3 is 0 Å². The molecule has 0 saturated carbocycles. The summed E-state index contributed by atoms with van der Waals surface area (Å²) < 4.78 is 5.34. The zero-order valence-corrected chi connectivity index (χ0v) is 22.7. The van der Waals surface area contributed by atoms with Gasteiger partial charge in [-0.3, -0.25) is 28.1 Å². The van der Waals surface area contributed by atoms with Crippen molar-refractivity contribution in [3.63, 3.8) is 0 Å². The van der Waals surface area contributed by atoms with Crippen molar-refractivity contribution in [1.82, 2.24) is 13.7 Å². The summed E-state index contributed by atoms with van der Waals surface area (Å²) in [7, 11) is 0. The molecule has 0 fully saturated rings. The van der Waals surface area contributed by atoms with Crippen LogP contribution in [0.3, 0.4) is 0 Å². The van der Waals surface area contributed by atoms with Crippen LogP contribution in [0.2, 0.25) is 0 Å². The lowest BCUT2D eigenvalue weighted by Crippen LogP contribution is -2.21. The molecule has 6 aromatic rings. The van der Waals surface area contributed by atoms with Crippen LogP contribution in [0.1, 0.15) is 82.2 Å². The van der Waals surface area contributed by atoms with Crippen LogP contribution in [0.25, 0.3) is 32.7 Å². The Bertz CT molecular complexity index is 2020. The lowest BCUT2D eigenvalue weighted by molar-refractivity contribution is 0.0929. The molecule has 6 heteroatoms. The van der Waals surface area contributed by atoms with E-state index in [1.807, 2.05) is 71.6 Å². The van der Waals surface area contributed by atoms with Crippen molar-refractivity contribution >= 4 is 50.4 Å². The largest absolute Gasteiger partial charge is 0.287 e. The maximum Gasteiger partial charge on any atom is 0.228 e. The van der Waals surface area contributed by atoms with E-state index in [1.54, 1.807) is 29.9 Å². The molecule has 3 aromatic carbocycles. The zero-order chi connectivity index (χ0) is 27.7. The van der Waals surface area contributed by atoms with Crippen molar-refractivity contribution in [2.45, 2.75) is 45.4 Å². The molecular formula is C34H29N3O3. The van der Waals surface area contributed by atoms with Crippen molar-refractivity contribution in [3.05, 3.63) is 108 Å². The molecular weight excluding hydrogens is 498 g/mol. The molecule has 0 saturated heterocycles. The highest BCUT2D eigenvalue weighted by molar-refractivity contribution is 6.00. The average molecular weight is 528 g/mol. The highest BCUT2D eigenvalue weighted by Gasteiger charge is 2.38. The summed E-state index contributed by atoms with van der Waals surface area (Å²) in [6.07, 6.45) is 5.59. The van der Waals surface area contributed by atoms with E-state index < -0.39 is 0 Å². The number of benzene rings is 3. The number of carbonyl (C=O) groups is 3. The van der Waals surface area contributed by atoms with Crippen molar-refractivity contribution in [2.24, 2.45) is 0 Å². The summed E-state index contributed by atoms with van der Waals surface area (Å²) >= 11 is 0. The highest BCUT2D eigenvalue weighted by atomic mass is 16.2. The van der Waals surface area contributed by atoms with Crippen molar-refractivity contribution in [1.29, 1.82) is 0 Å². The Kier molecular flexibility index (Phi) is 5.42. The minimum atomic E-state index is -0.0748. The first-order valence-corrected chi connectivity index (χ1v) is 13.7. The Labute approximate surface area is 231 Å². The Morgan fingerprint density at radius 3 is 1.55 bits per heavy atom. The minimum Gasteiger partial charge on any atom is -0.287 e. The predicted molar refractivity (Wildman–Crippen MR) is 158 cm³/mol. The van der Waals surface area contributed by atoms with E-state index in [-0.39, 0.29) is 29.6 Å². The predicted octanol–water partition coefficient (Wildman–Crippen LogP) is 7.59. The number of hydrogen-bond acceptors (Lipinski definition) is 3. The zero-order valence-electron chi connectivity index (χ0n) is 22.7. The molecule has 0 spiro atoms. The first-order chi connectivity index (χ1) is 19.4. The maximum atomic E-state index is 13.4. The minimum absolute atomic E-state index is 0.00315. The number of para-hydroxylation sites is 3. The van der Waals surface area contributed by atoms with Crippen LogP contribution < -0.4 is 0 Å². The quantitative estimate of drug-likeness (QED) is 0.233. The van der Waals surface area contributed by atoms with E-state index in [1.165, 1.54) is 0 Å². The Morgan fingerprint density at radius 2 is 1.02 bits per heavy atom. The van der Waals surface area contributed by atoms with Crippen LogP contribution >= 0.6 is 0 Å². The SMILES string of the molecule is CC(=O)n1cc([C@H]2CC[C@H](c3cn(C(C)=O)c4ccccc34)c3c2c2ccccc2n3C(C)=O)c2ccccc21. The first-order valence-electron chi connectivity index (χ1n) is 13.7. The molecule has 0 unspecified atom stereocenters. The summed E-state index contributed by atoms with van der Waals surface area (Å²) in [5.41, 5.74) is 6.94. The van der Waals surface area contributed by atoms with E-state index in [0.717, 1.165) is 67.9 Å². The van der Waals surface area contributed by atoms with Crippen LogP contribution in [0, 0.1) is 0 Å². The molecule has 7 rings (SSSR count). The van der Waals surface area contributed by atoms with Crippen molar-refractivity contribution in [3.8, 4) is 0 Å². The molecule has 3 aromatic heterocycles. The van der Waals surface area contributed by atoms with Gasteiger partial charge in [0.25, 0.3) is 0 Å². The van der Waals surface area contributed by atoms with Crippen LogP contribution in [0.4, 0.5) is 0 Å². The van der Waals surface area contributed by atoms with Gasteiger partial charge in [0.2, 0.25) is 17.7 Å². The van der Waals surface area contributed by atoms with Crippen molar-refractivity contribution in [2.75, 3.05) is 0 Å². The van der Waals surface area contributed by atoms with E-state index >= 15 is 0 Å². The lowest BCUT2D eigenvalue weighted by Gasteiger charge is -2.31. The maximum absolute atomic E-state index is 13.4. The molecule has 1 aliphatic rings. The molecule has 0 aliphatic heterocycles. The Morgan fingerprint density at radius 1 is 0.575 bits per heavy atom. The normalized spacial score (nSPS) is 17.0. The van der Waals surface area contributed by atoms with E-state index in [4.69, 9.17) is 0 Å². The van der Waals surface area contributed by atoms with Gasteiger partial charge in [-0.25, -0.2) is 0 Å². The third-order valence-corrected chi connectivity index (χ3v) is 8.60. The summed E-state index contributed by atoms with van der Waals surface area (Å²) in [5.74, 6) is -0.178. The molecule has 6 nitrogen and oxygen atoms in total. The number of rotatable bonds is 2. The van der Waals surface area contributed by atoms with E-state index in [0.29, 0.717) is 0 Å². The van der Waals surface area contributed by atoms with Gasteiger partial charge in [0, 0.05) is 66.9 Å². The Hall–Kier alpha value is -4.71. The van der Waals surface area contributed by atoms with Gasteiger partial charge in [-0.2, -0.15) is 0 Å². The van der Waals surface area contributed by atoms with Gasteiger partial charge in [0.1, 0.15) is 0 Å². The average Bonchev–Trinajstić information content (AvgIpc) is 3.63. The fraction of sp³-hybridized carbons (Fsp3) is 0.206. The molecule has 0 N–H and O–H groups in total. The molecule has 1 aliphatic carbocycles. The number of aromatic nitrogens is 3. The van der Waals surface area contributed by atoms with Gasteiger partial charge in [-0.1, -0.05) is 54.6 Å². The molecule has 40 heavy (non-hydrogen) atoms. The van der Waals surface area contributed by atoms with Gasteiger partial charge in [0.15, 0.2) is 0 Å². The van der Waals surface area contributed by atoms with Crippen LogP contribution in [0.5, 0.6) is 0 Å². The molecule has 198 valence electrons.